The predicted octanol–water partition coefficient (Wildman–Crippen LogP) is 4.30. The maximum absolute atomic E-state index is 6.48. The van der Waals surface area contributed by atoms with Crippen LogP contribution in [0.15, 0.2) is 59.1 Å². The Hall–Kier alpha value is -0.830. The molecule has 0 amide bonds. The summed E-state index contributed by atoms with van der Waals surface area (Å²) in [6.45, 7) is 0. The number of hydrogen-bond donors (Lipinski definition) is 1. The molecule has 100 valence electrons. The van der Waals surface area contributed by atoms with Crippen LogP contribution in [-0.2, 0) is 6.42 Å². The Morgan fingerprint density at radius 3 is 2.32 bits per heavy atom. The fraction of sp³-hybridized carbons (Fsp3) is 0.250. The number of hydrogen-bond acceptors (Lipinski definition) is 1. The summed E-state index contributed by atoms with van der Waals surface area (Å²) < 4.78 is 1.12. The van der Waals surface area contributed by atoms with Gasteiger partial charge in [-0.1, -0.05) is 58.4 Å². The van der Waals surface area contributed by atoms with E-state index in [4.69, 9.17) is 5.73 Å². The lowest BCUT2D eigenvalue weighted by Gasteiger charge is -2.12. The summed E-state index contributed by atoms with van der Waals surface area (Å²) in [5, 5.41) is 0. The lowest BCUT2D eigenvalue weighted by atomic mass is 10.00. The molecule has 0 heterocycles. The highest BCUT2D eigenvalue weighted by Gasteiger charge is 2.51. The third-order valence-corrected chi connectivity index (χ3v) is 4.30. The minimum absolute atomic E-state index is 0. The molecule has 19 heavy (non-hydrogen) atoms. The Morgan fingerprint density at radius 2 is 1.68 bits per heavy atom. The van der Waals surface area contributed by atoms with Crippen LogP contribution >= 0.6 is 28.3 Å². The Morgan fingerprint density at radius 1 is 1.05 bits per heavy atom. The van der Waals surface area contributed by atoms with E-state index in [1.807, 2.05) is 6.07 Å². The zero-order valence-corrected chi connectivity index (χ0v) is 13.0. The summed E-state index contributed by atoms with van der Waals surface area (Å²) in [5.41, 5.74) is 9.13. The van der Waals surface area contributed by atoms with Gasteiger partial charge in [-0.3, -0.25) is 0 Å². The highest BCUT2D eigenvalue weighted by molar-refractivity contribution is 9.10. The number of benzene rings is 2. The van der Waals surface area contributed by atoms with Gasteiger partial charge in [-0.15, -0.1) is 12.4 Å². The smallest absolute Gasteiger partial charge is 0.0271 e. The third-order valence-electron chi connectivity index (χ3n) is 3.77. The standard InChI is InChI=1S/C16H16BrN.ClH/c17-14-8-6-13(7-9-14)15-11-16(15,18)10-12-4-2-1-3-5-12;/h1-9,15H,10-11,18H2;1H/t15-,16-;/m1./s1. The average molecular weight is 339 g/mol. The van der Waals surface area contributed by atoms with Crippen molar-refractivity contribution in [1.29, 1.82) is 0 Å². The first-order valence-corrected chi connectivity index (χ1v) is 7.05. The molecule has 2 N–H and O–H groups in total. The molecule has 0 unspecified atom stereocenters. The zero-order valence-electron chi connectivity index (χ0n) is 10.6. The van der Waals surface area contributed by atoms with Crippen LogP contribution in [0.4, 0.5) is 0 Å². The van der Waals surface area contributed by atoms with E-state index in [2.05, 4.69) is 64.5 Å². The number of nitrogens with two attached hydrogens (primary N) is 1. The average Bonchev–Trinajstić information content (AvgIpc) is 3.03. The van der Waals surface area contributed by atoms with Crippen molar-refractivity contribution < 1.29 is 0 Å². The summed E-state index contributed by atoms with van der Waals surface area (Å²) in [6.07, 6.45) is 2.05. The van der Waals surface area contributed by atoms with Gasteiger partial charge in [-0.05, 0) is 36.1 Å². The molecule has 3 rings (SSSR count). The quantitative estimate of drug-likeness (QED) is 0.887. The highest BCUT2D eigenvalue weighted by atomic mass is 79.9. The first kappa shape index (κ1) is 14.6. The molecule has 0 radical (unpaired) electrons. The van der Waals surface area contributed by atoms with Crippen molar-refractivity contribution in [1.82, 2.24) is 0 Å². The van der Waals surface area contributed by atoms with Crippen LogP contribution in [0.5, 0.6) is 0 Å². The van der Waals surface area contributed by atoms with Crippen molar-refractivity contribution in [3.63, 3.8) is 0 Å². The van der Waals surface area contributed by atoms with E-state index in [1.165, 1.54) is 11.1 Å². The highest BCUT2D eigenvalue weighted by Crippen LogP contribution is 2.51. The minimum Gasteiger partial charge on any atom is -0.324 e. The van der Waals surface area contributed by atoms with E-state index in [0.29, 0.717) is 5.92 Å². The van der Waals surface area contributed by atoms with E-state index < -0.39 is 0 Å². The molecule has 0 spiro atoms. The van der Waals surface area contributed by atoms with Crippen LogP contribution in [0.1, 0.15) is 23.5 Å². The van der Waals surface area contributed by atoms with Gasteiger partial charge in [0.05, 0.1) is 0 Å². The predicted molar refractivity (Wildman–Crippen MR) is 85.8 cm³/mol. The van der Waals surface area contributed by atoms with E-state index in [1.54, 1.807) is 0 Å². The summed E-state index contributed by atoms with van der Waals surface area (Å²) in [7, 11) is 0. The van der Waals surface area contributed by atoms with Crippen LogP contribution in [0.25, 0.3) is 0 Å². The molecule has 3 heteroatoms. The summed E-state index contributed by atoms with van der Waals surface area (Å²) in [5.74, 6) is 0.505. The van der Waals surface area contributed by atoms with Gasteiger partial charge in [-0.25, -0.2) is 0 Å². The Balaban J connectivity index is 0.00000133. The second-order valence-corrected chi connectivity index (χ2v) is 6.12. The Labute approximate surface area is 128 Å². The monoisotopic (exact) mass is 337 g/mol. The van der Waals surface area contributed by atoms with Crippen LogP contribution < -0.4 is 5.73 Å². The van der Waals surface area contributed by atoms with Crippen molar-refractivity contribution in [3.8, 4) is 0 Å². The molecule has 0 bridgehead atoms. The van der Waals surface area contributed by atoms with E-state index >= 15 is 0 Å². The molecule has 1 nitrogen and oxygen atoms in total. The van der Waals surface area contributed by atoms with Gasteiger partial charge in [0.1, 0.15) is 0 Å². The van der Waals surface area contributed by atoms with E-state index in [-0.39, 0.29) is 17.9 Å². The largest absolute Gasteiger partial charge is 0.324 e. The zero-order chi connectivity index (χ0) is 12.6. The molecule has 1 saturated carbocycles. The van der Waals surface area contributed by atoms with Crippen molar-refractivity contribution in [2.45, 2.75) is 24.3 Å². The maximum atomic E-state index is 6.48. The van der Waals surface area contributed by atoms with Crippen molar-refractivity contribution in [2.75, 3.05) is 0 Å². The van der Waals surface area contributed by atoms with Crippen LogP contribution in [0.2, 0.25) is 0 Å². The first-order chi connectivity index (χ1) is 8.67. The SMILES string of the molecule is Cl.N[C@]1(Cc2ccccc2)C[C@@H]1c1ccc(Br)cc1. The van der Waals surface area contributed by atoms with Crippen LogP contribution in [-0.4, -0.2) is 5.54 Å². The van der Waals surface area contributed by atoms with Gasteiger partial charge in [0.2, 0.25) is 0 Å². The van der Waals surface area contributed by atoms with Gasteiger partial charge >= 0.3 is 0 Å². The summed E-state index contributed by atoms with van der Waals surface area (Å²) >= 11 is 3.47. The molecule has 0 aliphatic heterocycles. The molecule has 2 atom stereocenters. The van der Waals surface area contributed by atoms with Gasteiger partial charge in [-0.2, -0.15) is 0 Å². The number of rotatable bonds is 3. The Kier molecular flexibility index (Phi) is 4.34. The molecule has 1 fully saturated rings. The molecule has 0 saturated heterocycles. The third kappa shape index (κ3) is 3.19. The topological polar surface area (TPSA) is 26.0 Å². The van der Waals surface area contributed by atoms with Gasteiger partial charge in [0.25, 0.3) is 0 Å². The molecule has 0 aromatic heterocycles. The van der Waals surface area contributed by atoms with E-state index in [9.17, 15) is 0 Å². The van der Waals surface area contributed by atoms with Gasteiger partial charge in [0.15, 0.2) is 0 Å². The summed E-state index contributed by atoms with van der Waals surface area (Å²) in [6, 6.07) is 19.1. The van der Waals surface area contributed by atoms with Crippen molar-refractivity contribution in [3.05, 3.63) is 70.2 Å². The van der Waals surface area contributed by atoms with Crippen LogP contribution in [0, 0.1) is 0 Å². The van der Waals surface area contributed by atoms with Crippen molar-refractivity contribution >= 4 is 28.3 Å². The van der Waals surface area contributed by atoms with Crippen molar-refractivity contribution in [2.24, 2.45) is 5.73 Å². The first-order valence-electron chi connectivity index (χ1n) is 6.26. The molecular weight excluding hydrogens is 322 g/mol. The molecule has 2 aromatic carbocycles. The molecular formula is C16H17BrClN. The van der Waals surface area contributed by atoms with Gasteiger partial charge in [0, 0.05) is 15.9 Å². The molecule has 1 aliphatic carbocycles. The number of halogens is 2. The lowest BCUT2D eigenvalue weighted by molar-refractivity contribution is 0.646. The Bertz CT molecular complexity index is 540. The van der Waals surface area contributed by atoms with E-state index in [0.717, 1.165) is 17.3 Å². The maximum Gasteiger partial charge on any atom is 0.0271 e. The lowest BCUT2D eigenvalue weighted by Crippen LogP contribution is -2.27. The second kappa shape index (κ2) is 5.66. The normalized spacial score (nSPS) is 24.6. The van der Waals surface area contributed by atoms with Gasteiger partial charge < -0.3 is 5.73 Å². The fourth-order valence-electron chi connectivity index (χ4n) is 2.64. The second-order valence-electron chi connectivity index (χ2n) is 5.20. The summed E-state index contributed by atoms with van der Waals surface area (Å²) in [4.78, 5) is 0. The molecule has 2 aromatic rings. The fourth-order valence-corrected chi connectivity index (χ4v) is 2.90. The minimum atomic E-state index is -0.0464. The van der Waals surface area contributed by atoms with Crippen LogP contribution in [0.3, 0.4) is 0 Å². The molecule has 1 aliphatic rings.